The number of aromatic nitrogens is 3. The minimum Gasteiger partial charge on any atom is -0.355 e. The number of rotatable bonds is 8. The highest BCUT2D eigenvalue weighted by Crippen LogP contribution is 2.28. The third kappa shape index (κ3) is 5.27. The highest BCUT2D eigenvalue weighted by atomic mass is 32.2. The number of aryl methyl sites for hydroxylation is 1. The minimum absolute atomic E-state index is 0.128. The van der Waals surface area contributed by atoms with Gasteiger partial charge in [-0.15, -0.1) is 10.2 Å². The van der Waals surface area contributed by atoms with E-state index < -0.39 is 6.04 Å². The molecule has 0 unspecified atom stereocenters. The van der Waals surface area contributed by atoms with Gasteiger partial charge in [0.15, 0.2) is 11.0 Å². The second kappa shape index (κ2) is 10.1. The van der Waals surface area contributed by atoms with Gasteiger partial charge in [-0.05, 0) is 32.9 Å². The number of hydrogen-bond donors (Lipinski definition) is 2. The molecule has 1 heterocycles. The number of nitrogens with one attached hydrogen (secondary N) is 2. The molecule has 1 atom stereocenters. The maximum absolute atomic E-state index is 12.3. The normalized spacial score (nSPS) is 11.7. The number of carbonyl (C=O) groups is 2. The van der Waals surface area contributed by atoms with Crippen molar-refractivity contribution in [3.05, 3.63) is 60.2 Å². The zero-order valence-corrected chi connectivity index (χ0v) is 18.1. The fraction of sp³-hybridized carbons (Fsp3) is 0.273. The van der Waals surface area contributed by atoms with Crippen molar-refractivity contribution in [2.24, 2.45) is 0 Å². The Bertz CT molecular complexity index is 1000. The monoisotopic (exact) mass is 423 g/mol. The highest BCUT2D eigenvalue weighted by Gasteiger charge is 2.19. The van der Waals surface area contributed by atoms with Crippen molar-refractivity contribution in [1.82, 2.24) is 25.4 Å². The summed E-state index contributed by atoms with van der Waals surface area (Å²) in [5.41, 5.74) is 3.01. The van der Waals surface area contributed by atoms with E-state index in [1.807, 2.05) is 73.0 Å². The number of likely N-dealkylation sites (N-methyl/N-ethyl adjacent to an activating group) is 1. The van der Waals surface area contributed by atoms with E-state index in [-0.39, 0.29) is 17.6 Å². The third-order valence-electron chi connectivity index (χ3n) is 4.41. The van der Waals surface area contributed by atoms with Crippen LogP contribution in [0.3, 0.4) is 0 Å². The molecular formula is C22H25N5O2S. The molecule has 0 bridgehead atoms. The summed E-state index contributed by atoms with van der Waals surface area (Å²) in [6.45, 7) is 6.06. The van der Waals surface area contributed by atoms with E-state index in [2.05, 4.69) is 20.8 Å². The lowest BCUT2D eigenvalue weighted by Crippen LogP contribution is -2.45. The van der Waals surface area contributed by atoms with Crippen LogP contribution < -0.4 is 10.6 Å². The summed E-state index contributed by atoms with van der Waals surface area (Å²) in [5.74, 6) is 0.393. The van der Waals surface area contributed by atoms with E-state index >= 15 is 0 Å². The summed E-state index contributed by atoms with van der Waals surface area (Å²) >= 11 is 1.28. The van der Waals surface area contributed by atoms with Crippen LogP contribution in [0.4, 0.5) is 0 Å². The fourth-order valence-electron chi connectivity index (χ4n) is 2.87. The Morgan fingerprint density at radius 2 is 1.77 bits per heavy atom. The van der Waals surface area contributed by atoms with Crippen molar-refractivity contribution < 1.29 is 9.59 Å². The van der Waals surface area contributed by atoms with Crippen LogP contribution in [0.25, 0.3) is 17.1 Å². The van der Waals surface area contributed by atoms with Gasteiger partial charge in [0, 0.05) is 17.8 Å². The Morgan fingerprint density at radius 3 is 2.43 bits per heavy atom. The second-order valence-corrected chi connectivity index (χ2v) is 7.76. The van der Waals surface area contributed by atoms with Crippen LogP contribution in [-0.4, -0.2) is 44.9 Å². The Balaban J connectivity index is 1.81. The predicted octanol–water partition coefficient (Wildman–Crippen LogP) is 2.98. The number of thioether (sulfide) groups is 1. The molecule has 0 aliphatic carbocycles. The zero-order valence-electron chi connectivity index (χ0n) is 17.3. The van der Waals surface area contributed by atoms with Gasteiger partial charge in [0.05, 0.1) is 5.75 Å². The van der Waals surface area contributed by atoms with Gasteiger partial charge in [-0.2, -0.15) is 0 Å². The molecular weight excluding hydrogens is 398 g/mol. The van der Waals surface area contributed by atoms with Gasteiger partial charge in [-0.1, -0.05) is 59.8 Å². The summed E-state index contributed by atoms with van der Waals surface area (Å²) in [6.07, 6.45) is 0. The predicted molar refractivity (Wildman–Crippen MR) is 119 cm³/mol. The molecule has 3 rings (SSSR count). The fourth-order valence-corrected chi connectivity index (χ4v) is 3.63. The van der Waals surface area contributed by atoms with Gasteiger partial charge >= 0.3 is 0 Å². The molecule has 0 radical (unpaired) electrons. The minimum atomic E-state index is -0.590. The third-order valence-corrected chi connectivity index (χ3v) is 5.34. The summed E-state index contributed by atoms with van der Waals surface area (Å²) in [6, 6.07) is 17.3. The van der Waals surface area contributed by atoms with E-state index in [4.69, 9.17) is 0 Å². The van der Waals surface area contributed by atoms with E-state index in [0.29, 0.717) is 17.5 Å². The van der Waals surface area contributed by atoms with Gasteiger partial charge in [0.25, 0.3) is 0 Å². The van der Waals surface area contributed by atoms with Crippen molar-refractivity contribution >= 4 is 23.6 Å². The molecule has 156 valence electrons. The van der Waals surface area contributed by atoms with Crippen LogP contribution in [0, 0.1) is 6.92 Å². The Kier molecular flexibility index (Phi) is 7.24. The topological polar surface area (TPSA) is 88.9 Å². The van der Waals surface area contributed by atoms with E-state index in [1.54, 1.807) is 6.92 Å². The average molecular weight is 424 g/mol. The Labute approximate surface area is 180 Å². The first-order valence-corrected chi connectivity index (χ1v) is 10.8. The molecule has 8 heteroatoms. The van der Waals surface area contributed by atoms with Gasteiger partial charge in [0.2, 0.25) is 11.8 Å². The summed E-state index contributed by atoms with van der Waals surface area (Å²) in [4.78, 5) is 24.2. The van der Waals surface area contributed by atoms with Gasteiger partial charge in [-0.3, -0.25) is 14.2 Å². The number of nitrogens with zero attached hydrogens (tertiary/aromatic N) is 3. The molecule has 3 aromatic rings. The van der Waals surface area contributed by atoms with E-state index in [9.17, 15) is 9.59 Å². The van der Waals surface area contributed by atoms with Crippen LogP contribution in [-0.2, 0) is 9.59 Å². The largest absolute Gasteiger partial charge is 0.355 e. The van der Waals surface area contributed by atoms with Crippen molar-refractivity contribution in [2.45, 2.75) is 32.0 Å². The zero-order chi connectivity index (χ0) is 21.5. The molecule has 0 aliphatic rings. The molecule has 0 fully saturated rings. The first-order chi connectivity index (χ1) is 14.5. The molecule has 0 saturated carbocycles. The SMILES string of the molecule is CCNC(=O)[C@@H](C)NC(=O)CSc1nnc(-c2ccccc2)n1-c1ccc(C)cc1. The number of benzene rings is 2. The lowest BCUT2D eigenvalue weighted by atomic mass is 10.2. The molecule has 2 amide bonds. The molecule has 7 nitrogen and oxygen atoms in total. The van der Waals surface area contributed by atoms with Crippen molar-refractivity contribution in [3.63, 3.8) is 0 Å². The molecule has 1 aromatic heterocycles. The van der Waals surface area contributed by atoms with Crippen LogP contribution in [0.5, 0.6) is 0 Å². The quantitative estimate of drug-likeness (QED) is 0.544. The lowest BCUT2D eigenvalue weighted by molar-refractivity contribution is -0.127. The van der Waals surface area contributed by atoms with Crippen molar-refractivity contribution in [3.8, 4) is 17.1 Å². The molecule has 2 aromatic carbocycles. The first-order valence-electron chi connectivity index (χ1n) is 9.77. The van der Waals surface area contributed by atoms with Crippen molar-refractivity contribution in [2.75, 3.05) is 12.3 Å². The maximum atomic E-state index is 12.3. The molecule has 2 N–H and O–H groups in total. The average Bonchev–Trinajstić information content (AvgIpc) is 3.17. The Morgan fingerprint density at radius 1 is 1.07 bits per heavy atom. The van der Waals surface area contributed by atoms with E-state index in [0.717, 1.165) is 16.8 Å². The van der Waals surface area contributed by atoms with Crippen LogP contribution in [0.1, 0.15) is 19.4 Å². The van der Waals surface area contributed by atoms with Gasteiger partial charge in [0.1, 0.15) is 6.04 Å². The van der Waals surface area contributed by atoms with E-state index in [1.165, 1.54) is 11.8 Å². The maximum Gasteiger partial charge on any atom is 0.242 e. The number of hydrogen-bond acceptors (Lipinski definition) is 5. The highest BCUT2D eigenvalue weighted by molar-refractivity contribution is 7.99. The number of amides is 2. The molecule has 30 heavy (non-hydrogen) atoms. The molecule has 0 saturated heterocycles. The second-order valence-electron chi connectivity index (χ2n) is 6.82. The first kappa shape index (κ1) is 21.6. The summed E-state index contributed by atoms with van der Waals surface area (Å²) in [7, 11) is 0. The smallest absolute Gasteiger partial charge is 0.242 e. The lowest BCUT2D eigenvalue weighted by Gasteiger charge is -2.13. The molecule has 0 aliphatic heterocycles. The summed E-state index contributed by atoms with van der Waals surface area (Å²) in [5, 5.41) is 14.7. The molecule has 0 spiro atoms. The van der Waals surface area contributed by atoms with Crippen molar-refractivity contribution in [1.29, 1.82) is 0 Å². The van der Waals surface area contributed by atoms with Crippen LogP contribution in [0.15, 0.2) is 59.8 Å². The standard InChI is InChI=1S/C22H25N5O2S/c1-4-23-21(29)16(3)24-19(28)14-30-22-26-25-20(17-8-6-5-7-9-17)27(22)18-12-10-15(2)11-13-18/h5-13,16H,4,14H2,1-3H3,(H,23,29)(H,24,28)/t16-/m1/s1. The van der Waals surface area contributed by atoms with Crippen LogP contribution >= 0.6 is 11.8 Å². The Hall–Kier alpha value is -3.13. The van der Waals surface area contributed by atoms with Gasteiger partial charge < -0.3 is 10.6 Å². The van der Waals surface area contributed by atoms with Gasteiger partial charge in [-0.25, -0.2) is 0 Å². The van der Waals surface area contributed by atoms with Crippen LogP contribution in [0.2, 0.25) is 0 Å². The summed E-state index contributed by atoms with van der Waals surface area (Å²) < 4.78 is 1.94. The number of carbonyl (C=O) groups excluding carboxylic acids is 2.